The van der Waals surface area contributed by atoms with Crippen LogP contribution >= 0.6 is 0 Å². The Hall–Kier alpha value is -1.88. The maximum atomic E-state index is 12.4. The molecule has 1 heterocycles. The topological polar surface area (TPSA) is 66.8 Å². The normalized spacial score (nSPS) is 24.6. The summed E-state index contributed by atoms with van der Waals surface area (Å²) in [5, 5.41) is 9.01. The molecule has 0 radical (unpaired) electrons. The molecular formula is C17H21NO4. The lowest BCUT2D eigenvalue weighted by molar-refractivity contribution is -0.159. The van der Waals surface area contributed by atoms with Crippen molar-refractivity contribution in [3.63, 3.8) is 0 Å². The summed E-state index contributed by atoms with van der Waals surface area (Å²) in [7, 11) is 0. The van der Waals surface area contributed by atoms with Gasteiger partial charge in [0.05, 0.1) is 13.2 Å². The van der Waals surface area contributed by atoms with Crippen molar-refractivity contribution in [2.75, 3.05) is 19.7 Å². The Labute approximate surface area is 129 Å². The molecule has 22 heavy (non-hydrogen) atoms. The number of nitrogens with zero attached hydrogens (tertiary/aromatic N) is 1. The summed E-state index contributed by atoms with van der Waals surface area (Å²) in [6.45, 7) is 0.958. The van der Waals surface area contributed by atoms with Crippen LogP contribution in [-0.2, 0) is 27.2 Å². The molecule has 3 rings (SSSR count). The molecular weight excluding hydrogens is 282 g/mol. The van der Waals surface area contributed by atoms with Crippen molar-refractivity contribution in [1.29, 1.82) is 0 Å². The number of carboxylic acids is 1. The maximum absolute atomic E-state index is 12.4. The maximum Gasteiger partial charge on any atom is 0.334 e. The zero-order valence-electron chi connectivity index (χ0n) is 12.5. The standard InChI is InChI=1S/C17H21NO4/c19-16(18-7-8-22-15(11-18)17(20)21)10-12-5-6-13-3-1-2-4-14(13)9-12/h1-4,12,15H,5-11H2,(H,20,21)/t12-,15-/m1/s1. The van der Waals surface area contributed by atoms with E-state index in [2.05, 4.69) is 18.2 Å². The van der Waals surface area contributed by atoms with Crippen molar-refractivity contribution in [3.8, 4) is 0 Å². The summed E-state index contributed by atoms with van der Waals surface area (Å²) in [5.41, 5.74) is 2.74. The molecule has 0 saturated carbocycles. The summed E-state index contributed by atoms with van der Waals surface area (Å²) in [5.74, 6) is -0.587. The molecule has 5 heteroatoms. The highest BCUT2D eigenvalue weighted by molar-refractivity contribution is 5.79. The lowest BCUT2D eigenvalue weighted by Crippen LogP contribution is -2.49. The van der Waals surface area contributed by atoms with Crippen LogP contribution < -0.4 is 0 Å². The molecule has 0 unspecified atom stereocenters. The van der Waals surface area contributed by atoms with Crippen LogP contribution in [0.1, 0.15) is 24.0 Å². The van der Waals surface area contributed by atoms with Gasteiger partial charge in [0.2, 0.25) is 5.91 Å². The number of aliphatic carboxylic acids is 1. The van der Waals surface area contributed by atoms with Gasteiger partial charge in [-0.15, -0.1) is 0 Å². The second-order valence-corrected chi connectivity index (χ2v) is 6.12. The molecule has 0 aromatic heterocycles. The van der Waals surface area contributed by atoms with Crippen molar-refractivity contribution < 1.29 is 19.4 Å². The van der Waals surface area contributed by atoms with Gasteiger partial charge >= 0.3 is 5.97 Å². The number of ether oxygens (including phenoxy) is 1. The number of amides is 1. The first-order valence-corrected chi connectivity index (χ1v) is 7.82. The summed E-state index contributed by atoms with van der Waals surface area (Å²) in [4.78, 5) is 25.1. The number of fused-ring (bicyclic) bond motifs is 1. The second-order valence-electron chi connectivity index (χ2n) is 6.12. The van der Waals surface area contributed by atoms with Crippen LogP contribution in [0, 0.1) is 5.92 Å². The minimum atomic E-state index is -0.996. The fraction of sp³-hybridized carbons (Fsp3) is 0.529. The van der Waals surface area contributed by atoms with Crippen molar-refractivity contribution in [2.24, 2.45) is 5.92 Å². The van der Waals surface area contributed by atoms with E-state index in [9.17, 15) is 9.59 Å². The molecule has 1 aromatic rings. The van der Waals surface area contributed by atoms with Crippen molar-refractivity contribution in [1.82, 2.24) is 4.90 Å². The summed E-state index contributed by atoms with van der Waals surface area (Å²) >= 11 is 0. The first kappa shape index (κ1) is 15.0. The third-order valence-corrected chi connectivity index (χ3v) is 4.61. The Balaban J connectivity index is 1.57. The fourth-order valence-electron chi connectivity index (χ4n) is 3.35. The Morgan fingerprint density at radius 1 is 1.27 bits per heavy atom. The number of hydrogen-bond acceptors (Lipinski definition) is 3. The summed E-state index contributed by atoms with van der Waals surface area (Å²) in [6.07, 6.45) is 2.60. The van der Waals surface area contributed by atoms with Gasteiger partial charge in [-0.3, -0.25) is 4.79 Å². The zero-order valence-corrected chi connectivity index (χ0v) is 12.5. The van der Waals surface area contributed by atoms with Crippen LogP contribution in [0.5, 0.6) is 0 Å². The molecule has 1 amide bonds. The smallest absolute Gasteiger partial charge is 0.334 e. The second kappa shape index (κ2) is 6.48. The van der Waals surface area contributed by atoms with E-state index in [4.69, 9.17) is 9.84 Å². The van der Waals surface area contributed by atoms with E-state index in [0.717, 1.165) is 19.3 Å². The highest BCUT2D eigenvalue weighted by Gasteiger charge is 2.30. The molecule has 2 atom stereocenters. The number of aryl methyl sites for hydroxylation is 1. The number of carbonyl (C=O) groups is 2. The molecule has 1 fully saturated rings. The van der Waals surface area contributed by atoms with E-state index in [1.54, 1.807) is 4.90 Å². The van der Waals surface area contributed by atoms with E-state index in [1.165, 1.54) is 11.1 Å². The fourth-order valence-corrected chi connectivity index (χ4v) is 3.35. The van der Waals surface area contributed by atoms with Gasteiger partial charge in [-0.1, -0.05) is 24.3 Å². The number of carbonyl (C=O) groups excluding carboxylic acids is 1. The highest BCUT2D eigenvalue weighted by atomic mass is 16.5. The van der Waals surface area contributed by atoms with E-state index in [0.29, 0.717) is 25.5 Å². The highest BCUT2D eigenvalue weighted by Crippen LogP contribution is 2.28. The van der Waals surface area contributed by atoms with Gasteiger partial charge < -0.3 is 14.7 Å². The molecule has 118 valence electrons. The molecule has 1 aliphatic heterocycles. The quantitative estimate of drug-likeness (QED) is 0.919. The van der Waals surface area contributed by atoms with Crippen molar-refractivity contribution in [3.05, 3.63) is 35.4 Å². The number of benzene rings is 1. The van der Waals surface area contributed by atoms with Gasteiger partial charge in [-0.25, -0.2) is 4.79 Å². The van der Waals surface area contributed by atoms with Gasteiger partial charge in [0, 0.05) is 13.0 Å². The molecule has 1 aliphatic carbocycles. The van der Waals surface area contributed by atoms with E-state index < -0.39 is 12.1 Å². The van der Waals surface area contributed by atoms with E-state index in [-0.39, 0.29) is 12.5 Å². The average molecular weight is 303 g/mol. The Morgan fingerprint density at radius 2 is 2.05 bits per heavy atom. The molecule has 0 bridgehead atoms. The molecule has 5 nitrogen and oxygen atoms in total. The monoisotopic (exact) mass is 303 g/mol. The van der Waals surface area contributed by atoms with Gasteiger partial charge in [-0.05, 0) is 36.3 Å². The molecule has 2 aliphatic rings. The van der Waals surface area contributed by atoms with Crippen LogP contribution in [0.4, 0.5) is 0 Å². The number of morpholine rings is 1. The van der Waals surface area contributed by atoms with Crippen LogP contribution in [-0.4, -0.2) is 47.7 Å². The minimum Gasteiger partial charge on any atom is -0.479 e. The van der Waals surface area contributed by atoms with Crippen LogP contribution in [0.2, 0.25) is 0 Å². The van der Waals surface area contributed by atoms with Gasteiger partial charge in [0.15, 0.2) is 6.10 Å². The largest absolute Gasteiger partial charge is 0.479 e. The van der Waals surface area contributed by atoms with Crippen molar-refractivity contribution >= 4 is 11.9 Å². The zero-order chi connectivity index (χ0) is 15.5. The third kappa shape index (κ3) is 3.30. The number of rotatable bonds is 3. The van der Waals surface area contributed by atoms with E-state index in [1.807, 2.05) is 6.07 Å². The summed E-state index contributed by atoms with van der Waals surface area (Å²) in [6, 6.07) is 8.40. The first-order valence-electron chi connectivity index (χ1n) is 7.82. The molecule has 1 N–H and O–H groups in total. The Morgan fingerprint density at radius 3 is 2.82 bits per heavy atom. The number of hydrogen-bond donors (Lipinski definition) is 1. The first-order chi connectivity index (χ1) is 10.6. The van der Waals surface area contributed by atoms with Crippen LogP contribution in [0.3, 0.4) is 0 Å². The van der Waals surface area contributed by atoms with E-state index >= 15 is 0 Å². The summed E-state index contributed by atoms with van der Waals surface area (Å²) < 4.78 is 5.16. The van der Waals surface area contributed by atoms with Gasteiger partial charge in [-0.2, -0.15) is 0 Å². The Bertz CT molecular complexity index is 572. The Kier molecular flexibility index (Phi) is 4.43. The predicted octanol–water partition coefficient (Wildman–Crippen LogP) is 1.49. The molecule has 1 saturated heterocycles. The van der Waals surface area contributed by atoms with Gasteiger partial charge in [0.25, 0.3) is 0 Å². The molecule has 1 aromatic carbocycles. The lowest BCUT2D eigenvalue weighted by Gasteiger charge is -2.32. The lowest BCUT2D eigenvalue weighted by atomic mass is 9.82. The number of carboxylic acid groups (broad SMARTS) is 1. The average Bonchev–Trinajstić information content (AvgIpc) is 2.55. The van der Waals surface area contributed by atoms with Gasteiger partial charge in [0.1, 0.15) is 0 Å². The van der Waals surface area contributed by atoms with Crippen LogP contribution in [0.25, 0.3) is 0 Å². The van der Waals surface area contributed by atoms with Crippen molar-refractivity contribution in [2.45, 2.75) is 31.8 Å². The minimum absolute atomic E-state index is 0.0546. The SMILES string of the molecule is O=C(O)[C@H]1CN(C(=O)C[C@@H]2CCc3ccccc3C2)CCO1. The third-order valence-electron chi connectivity index (χ3n) is 4.61. The molecule has 0 spiro atoms. The van der Waals surface area contributed by atoms with Crippen LogP contribution in [0.15, 0.2) is 24.3 Å². The predicted molar refractivity (Wildman–Crippen MR) is 80.5 cm³/mol.